The van der Waals surface area contributed by atoms with Crippen molar-refractivity contribution in [3.05, 3.63) is 0 Å². The predicted molar refractivity (Wildman–Crippen MR) is 77.9 cm³/mol. The van der Waals surface area contributed by atoms with E-state index >= 15 is 0 Å². The molecule has 2 amide bonds. The third-order valence-electron chi connectivity index (χ3n) is 4.60. The van der Waals surface area contributed by atoms with Crippen LogP contribution in [0.5, 0.6) is 0 Å². The molecular formula is C15H27N3O2. The molecule has 0 N–H and O–H groups in total. The number of hydrogen-bond acceptors (Lipinski definition) is 3. The molecule has 20 heavy (non-hydrogen) atoms. The van der Waals surface area contributed by atoms with Gasteiger partial charge in [0.15, 0.2) is 0 Å². The molecule has 0 spiro atoms. The van der Waals surface area contributed by atoms with Crippen LogP contribution in [0, 0.1) is 11.8 Å². The quantitative estimate of drug-likeness (QED) is 0.772. The highest BCUT2D eigenvalue weighted by atomic mass is 16.2. The van der Waals surface area contributed by atoms with Crippen molar-refractivity contribution >= 4 is 11.8 Å². The van der Waals surface area contributed by atoms with E-state index in [1.54, 1.807) is 9.80 Å². The number of nitrogens with zero attached hydrogens (tertiary/aromatic N) is 3. The Hall–Kier alpha value is -1.10. The lowest BCUT2D eigenvalue weighted by molar-refractivity contribution is -0.138. The van der Waals surface area contributed by atoms with Gasteiger partial charge in [-0.25, -0.2) is 0 Å². The smallest absolute Gasteiger partial charge is 0.246 e. The Morgan fingerprint density at radius 1 is 1.30 bits per heavy atom. The lowest BCUT2D eigenvalue weighted by Crippen LogP contribution is -2.39. The highest BCUT2D eigenvalue weighted by molar-refractivity contribution is 5.91. The van der Waals surface area contributed by atoms with Crippen molar-refractivity contribution in [2.75, 3.05) is 33.9 Å². The average molecular weight is 281 g/mol. The normalized spacial score (nSPS) is 30.6. The zero-order valence-corrected chi connectivity index (χ0v) is 13.1. The van der Waals surface area contributed by atoms with Crippen LogP contribution in [0.25, 0.3) is 0 Å². The van der Waals surface area contributed by atoms with E-state index in [2.05, 4.69) is 11.8 Å². The molecule has 3 atom stereocenters. The molecule has 2 rings (SSSR count). The fourth-order valence-electron chi connectivity index (χ4n) is 3.20. The van der Waals surface area contributed by atoms with Gasteiger partial charge in [-0.2, -0.15) is 0 Å². The number of amides is 2. The Kier molecular flexibility index (Phi) is 4.68. The Bertz CT molecular complexity index is 383. The van der Waals surface area contributed by atoms with Gasteiger partial charge in [0.25, 0.3) is 0 Å². The van der Waals surface area contributed by atoms with E-state index in [1.807, 2.05) is 21.0 Å². The summed E-state index contributed by atoms with van der Waals surface area (Å²) in [5.41, 5.74) is 0. The van der Waals surface area contributed by atoms with E-state index in [1.165, 1.54) is 0 Å². The molecule has 2 aliphatic rings. The van der Waals surface area contributed by atoms with Gasteiger partial charge in [0.1, 0.15) is 6.04 Å². The summed E-state index contributed by atoms with van der Waals surface area (Å²) < 4.78 is 0. The minimum absolute atomic E-state index is 0.0891. The maximum absolute atomic E-state index is 12.6. The molecule has 1 heterocycles. The molecule has 3 unspecified atom stereocenters. The van der Waals surface area contributed by atoms with Crippen LogP contribution >= 0.6 is 0 Å². The fourth-order valence-corrected chi connectivity index (χ4v) is 3.20. The van der Waals surface area contributed by atoms with Crippen molar-refractivity contribution < 1.29 is 9.59 Å². The Morgan fingerprint density at radius 3 is 2.55 bits per heavy atom. The van der Waals surface area contributed by atoms with E-state index in [0.29, 0.717) is 19.1 Å². The van der Waals surface area contributed by atoms with Gasteiger partial charge in [0, 0.05) is 19.0 Å². The van der Waals surface area contributed by atoms with Crippen LogP contribution in [-0.2, 0) is 9.59 Å². The van der Waals surface area contributed by atoms with Crippen LogP contribution in [0.3, 0.4) is 0 Å². The van der Waals surface area contributed by atoms with Gasteiger partial charge in [-0.3, -0.25) is 9.59 Å². The van der Waals surface area contributed by atoms with Gasteiger partial charge in [0.05, 0.1) is 6.67 Å². The first-order valence-electron chi connectivity index (χ1n) is 7.64. The second-order valence-electron chi connectivity index (χ2n) is 6.65. The van der Waals surface area contributed by atoms with Gasteiger partial charge in [0.2, 0.25) is 11.8 Å². The van der Waals surface area contributed by atoms with Crippen LogP contribution in [0.4, 0.5) is 0 Å². The Labute approximate surface area is 121 Å². The first-order chi connectivity index (χ1) is 9.40. The summed E-state index contributed by atoms with van der Waals surface area (Å²) >= 11 is 0. The minimum atomic E-state index is -0.291. The number of carbonyl (C=O) groups is 2. The van der Waals surface area contributed by atoms with Crippen LogP contribution in [-0.4, -0.2) is 66.4 Å². The Balaban J connectivity index is 1.95. The number of hydrogen-bond donors (Lipinski definition) is 0. The van der Waals surface area contributed by atoms with E-state index in [-0.39, 0.29) is 23.8 Å². The zero-order chi connectivity index (χ0) is 14.9. The van der Waals surface area contributed by atoms with Gasteiger partial charge < -0.3 is 14.7 Å². The van der Waals surface area contributed by atoms with Gasteiger partial charge in [-0.15, -0.1) is 0 Å². The zero-order valence-electron chi connectivity index (χ0n) is 13.1. The summed E-state index contributed by atoms with van der Waals surface area (Å²) in [6, 6.07) is -0.291. The van der Waals surface area contributed by atoms with Crippen LogP contribution < -0.4 is 0 Å². The third kappa shape index (κ3) is 3.14. The first-order valence-corrected chi connectivity index (χ1v) is 7.64. The van der Waals surface area contributed by atoms with Crippen LogP contribution in [0.2, 0.25) is 0 Å². The summed E-state index contributed by atoms with van der Waals surface area (Å²) in [5, 5.41) is 0. The fraction of sp³-hybridized carbons (Fsp3) is 0.867. The number of rotatable bonds is 4. The van der Waals surface area contributed by atoms with Crippen molar-refractivity contribution in [2.45, 2.75) is 39.2 Å². The molecule has 1 aliphatic carbocycles. The summed E-state index contributed by atoms with van der Waals surface area (Å²) in [6.45, 7) is 6.06. The molecule has 0 aromatic rings. The standard InChI is InChI=1S/C15H27N3O2/c1-11-5-6-13(9-11)15(20)18-10-17(8-7-16(3)4)14(19)12(18)2/h11-13H,5-10H2,1-4H3. The molecule has 5 heteroatoms. The molecule has 1 saturated carbocycles. The molecule has 0 radical (unpaired) electrons. The molecule has 2 fully saturated rings. The topological polar surface area (TPSA) is 43.9 Å². The molecular weight excluding hydrogens is 254 g/mol. The van der Waals surface area contributed by atoms with Crippen molar-refractivity contribution in [1.82, 2.24) is 14.7 Å². The minimum Gasteiger partial charge on any atom is -0.322 e. The van der Waals surface area contributed by atoms with E-state index in [9.17, 15) is 9.59 Å². The highest BCUT2D eigenvalue weighted by Crippen LogP contribution is 2.33. The molecule has 5 nitrogen and oxygen atoms in total. The second-order valence-corrected chi connectivity index (χ2v) is 6.65. The summed E-state index contributed by atoms with van der Waals surface area (Å²) in [7, 11) is 3.99. The molecule has 1 saturated heterocycles. The predicted octanol–water partition coefficient (Wildman–Crippen LogP) is 1.00. The summed E-state index contributed by atoms with van der Waals surface area (Å²) in [4.78, 5) is 30.4. The van der Waals surface area contributed by atoms with Gasteiger partial charge >= 0.3 is 0 Å². The molecule has 0 bridgehead atoms. The first kappa shape index (κ1) is 15.3. The van der Waals surface area contributed by atoms with Crippen molar-refractivity contribution in [3.63, 3.8) is 0 Å². The maximum Gasteiger partial charge on any atom is 0.246 e. The SMILES string of the molecule is CC1CCC(C(=O)N2CN(CCN(C)C)C(=O)C2C)C1. The van der Waals surface area contributed by atoms with E-state index < -0.39 is 0 Å². The van der Waals surface area contributed by atoms with Crippen molar-refractivity contribution in [3.8, 4) is 0 Å². The molecule has 0 aromatic carbocycles. The van der Waals surface area contributed by atoms with E-state index in [0.717, 1.165) is 25.8 Å². The number of likely N-dealkylation sites (N-methyl/N-ethyl adjacent to an activating group) is 1. The molecule has 1 aliphatic heterocycles. The summed E-state index contributed by atoms with van der Waals surface area (Å²) in [5.74, 6) is 1.05. The lowest BCUT2D eigenvalue weighted by Gasteiger charge is -2.23. The highest BCUT2D eigenvalue weighted by Gasteiger charge is 2.41. The second kappa shape index (κ2) is 6.12. The van der Waals surface area contributed by atoms with Crippen LogP contribution in [0.1, 0.15) is 33.1 Å². The van der Waals surface area contributed by atoms with E-state index in [4.69, 9.17) is 0 Å². The van der Waals surface area contributed by atoms with Crippen LogP contribution in [0.15, 0.2) is 0 Å². The number of carbonyl (C=O) groups excluding carboxylic acids is 2. The summed E-state index contributed by atoms with van der Waals surface area (Å²) in [6.07, 6.45) is 3.10. The Morgan fingerprint density at radius 2 is 2.00 bits per heavy atom. The van der Waals surface area contributed by atoms with Crippen molar-refractivity contribution in [1.29, 1.82) is 0 Å². The lowest BCUT2D eigenvalue weighted by atomic mass is 10.0. The largest absolute Gasteiger partial charge is 0.322 e. The molecule has 114 valence electrons. The maximum atomic E-state index is 12.6. The van der Waals surface area contributed by atoms with Crippen molar-refractivity contribution in [2.24, 2.45) is 11.8 Å². The monoisotopic (exact) mass is 281 g/mol. The average Bonchev–Trinajstić information content (AvgIpc) is 2.93. The molecule has 0 aromatic heterocycles. The van der Waals surface area contributed by atoms with Gasteiger partial charge in [-0.05, 0) is 46.2 Å². The third-order valence-corrected chi connectivity index (χ3v) is 4.60. The van der Waals surface area contributed by atoms with Gasteiger partial charge in [-0.1, -0.05) is 6.92 Å².